The van der Waals surface area contributed by atoms with Crippen LogP contribution in [0.4, 0.5) is 14.5 Å². The quantitative estimate of drug-likeness (QED) is 0.371. The van der Waals surface area contributed by atoms with E-state index in [1.165, 1.54) is 6.07 Å². The van der Waals surface area contributed by atoms with Crippen molar-refractivity contribution in [3.05, 3.63) is 29.8 Å². The van der Waals surface area contributed by atoms with Gasteiger partial charge in [0.15, 0.2) is 11.6 Å². The Morgan fingerprint density at radius 1 is 1.40 bits per heavy atom. The van der Waals surface area contributed by atoms with Gasteiger partial charge in [-0.2, -0.15) is 0 Å². The van der Waals surface area contributed by atoms with Gasteiger partial charge < -0.3 is 10.2 Å². The number of carbonyl (C=O) groups excluding carboxylic acids is 1. The van der Waals surface area contributed by atoms with Crippen LogP contribution in [0.5, 0.6) is 0 Å². The molecule has 7 heteroatoms. The van der Waals surface area contributed by atoms with Gasteiger partial charge in [-0.3, -0.25) is 4.79 Å². The minimum Gasteiger partial charge on any atom is -0.388 e. The topological polar surface area (TPSA) is 58.6 Å². The normalized spacial score (nSPS) is 7.73. The van der Waals surface area contributed by atoms with Crippen molar-refractivity contribution < 1.29 is 40.8 Å². The predicted octanol–water partition coefficient (Wildman–Crippen LogP) is 1.64. The van der Waals surface area contributed by atoms with E-state index in [-0.39, 0.29) is 23.5 Å². The van der Waals surface area contributed by atoms with Crippen LogP contribution < -0.4 is 5.32 Å². The molecule has 0 spiro atoms. The first-order valence-corrected chi connectivity index (χ1v) is 3.52. The molecule has 0 aromatic heterocycles. The summed E-state index contributed by atoms with van der Waals surface area (Å²) in [6.07, 6.45) is 0. The van der Waals surface area contributed by atoms with Crippen molar-refractivity contribution in [3.63, 3.8) is 0 Å². The Balaban J connectivity index is 0. The summed E-state index contributed by atoms with van der Waals surface area (Å²) in [6, 6.07) is 3.66. The van der Waals surface area contributed by atoms with Crippen LogP contribution in [0.25, 0.3) is 0 Å². The van der Waals surface area contributed by atoms with Crippen LogP contribution in [0, 0.1) is 11.6 Å². The van der Waals surface area contributed by atoms with Crippen LogP contribution in [-0.2, 0) is 26.8 Å². The second-order valence-electron chi connectivity index (χ2n) is 2.08. The molecule has 89 valence electrons. The monoisotopic (exact) mass is 268 g/mol. The third kappa shape index (κ3) is 6.84. The smallest absolute Gasteiger partial charge is 0.330 e. The molecule has 15 heavy (non-hydrogen) atoms. The van der Waals surface area contributed by atoms with E-state index in [0.29, 0.717) is 5.69 Å². The third-order valence-electron chi connectivity index (χ3n) is 1.25. The van der Waals surface area contributed by atoms with Gasteiger partial charge in [-0.25, -0.2) is 14.0 Å². The van der Waals surface area contributed by atoms with E-state index < -0.39 is 11.6 Å². The average molecular weight is 269 g/mol. The summed E-state index contributed by atoms with van der Waals surface area (Å²) in [5, 5.41) is 9.70. The van der Waals surface area contributed by atoms with E-state index in [1.54, 1.807) is 7.05 Å². The van der Waals surface area contributed by atoms with Crippen LogP contribution in [0.1, 0.15) is 0 Å². The number of anilines is 1. The van der Waals surface area contributed by atoms with Crippen molar-refractivity contribution in [3.8, 4) is 0 Å². The number of hydrogen-bond donors (Lipinski definition) is 2. The maximum absolute atomic E-state index is 12.4. The van der Waals surface area contributed by atoms with Gasteiger partial charge in [0.2, 0.25) is 0 Å². The predicted molar refractivity (Wildman–Crippen MR) is 45.7 cm³/mol. The van der Waals surface area contributed by atoms with E-state index in [0.717, 1.165) is 12.1 Å². The Labute approximate surface area is 95.6 Å². The fourth-order valence-electron chi connectivity index (χ4n) is 0.652. The number of hydrogen-bond acceptors (Lipinski definition) is 4. The number of nitrogens with one attached hydrogen (secondary N) is 1. The van der Waals surface area contributed by atoms with Crippen molar-refractivity contribution in [2.45, 2.75) is 0 Å². The molecule has 0 saturated carbocycles. The number of benzene rings is 1. The van der Waals surface area contributed by atoms with Crippen molar-refractivity contribution in [1.82, 2.24) is 0 Å². The van der Waals surface area contributed by atoms with E-state index in [1.807, 2.05) is 0 Å². The second kappa shape index (κ2) is 9.39. The zero-order chi connectivity index (χ0) is 11.0. The van der Waals surface area contributed by atoms with Crippen molar-refractivity contribution >= 4 is 12.2 Å². The van der Waals surface area contributed by atoms with Crippen molar-refractivity contribution in [1.29, 1.82) is 0 Å². The SMILES string of the molecule is CNc1ccc(F)c(F)c1.O=COO.[Cu]. The van der Waals surface area contributed by atoms with Gasteiger partial charge in [0.05, 0.1) is 0 Å². The van der Waals surface area contributed by atoms with Gasteiger partial charge in [-0.15, -0.1) is 0 Å². The Bertz CT molecular complexity index is 299. The first-order valence-electron chi connectivity index (χ1n) is 3.52. The van der Waals surface area contributed by atoms with E-state index in [2.05, 4.69) is 10.2 Å². The van der Waals surface area contributed by atoms with Gasteiger partial charge >= 0.3 is 6.47 Å². The third-order valence-corrected chi connectivity index (χ3v) is 1.25. The second-order valence-corrected chi connectivity index (χ2v) is 2.08. The van der Waals surface area contributed by atoms with Crippen LogP contribution >= 0.6 is 0 Å². The Morgan fingerprint density at radius 3 is 2.27 bits per heavy atom. The molecule has 0 saturated heterocycles. The minimum absolute atomic E-state index is 0. The van der Waals surface area contributed by atoms with Crippen LogP contribution in [0.2, 0.25) is 0 Å². The summed E-state index contributed by atoms with van der Waals surface area (Å²) in [6.45, 7) is -0.0694. The molecular weight excluding hydrogens is 260 g/mol. The number of carbonyl (C=O) groups is 1. The molecule has 0 atom stereocenters. The molecule has 0 aliphatic carbocycles. The zero-order valence-corrected chi connectivity index (χ0v) is 8.57. The van der Waals surface area contributed by atoms with Gasteiger partial charge in [0, 0.05) is 29.8 Å². The summed E-state index contributed by atoms with van der Waals surface area (Å²) in [5.41, 5.74) is 0.568. The fraction of sp³-hybridized carbons (Fsp3) is 0.125. The Hall–Kier alpha value is -1.17. The van der Waals surface area contributed by atoms with E-state index in [9.17, 15) is 8.78 Å². The van der Waals surface area contributed by atoms with Crippen LogP contribution in [0.3, 0.4) is 0 Å². The largest absolute Gasteiger partial charge is 0.388 e. The van der Waals surface area contributed by atoms with Gasteiger partial charge in [0.1, 0.15) is 0 Å². The summed E-state index contributed by atoms with van der Waals surface area (Å²) >= 11 is 0. The molecule has 0 aliphatic rings. The maximum atomic E-state index is 12.4. The van der Waals surface area contributed by atoms with E-state index in [4.69, 9.17) is 10.1 Å². The molecule has 0 bridgehead atoms. The summed E-state index contributed by atoms with van der Waals surface area (Å²) in [4.78, 5) is 11.6. The fourth-order valence-corrected chi connectivity index (χ4v) is 0.652. The Kier molecular flexibility index (Phi) is 10.2. The number of halogens is 2. The molecule has 0 fully saturated rings. The molecule has 0 aliphatic heterocycles. The molecule has 4 nitrogen and oxygen atoms in total. The van der Waals surface area contributed by atoms with Gasteiger partial charge in [0.25, 0.3) is 0 Å². The standard InChI is InChI=1S/C7H7F2N.CH2O3.Cu/c1-10-5-2-3-6(8)7(9)4-5;2-1-4-3;/h2-4,10H,1H3;1,3H;. The molecule has 1 aromatic rings. The first kappa shape index (κ1) is 16.3. The van der Waals surface area contributed by atoms with E-state index >= 15 is 0 Å². The number of rotatable bonds is 2. The molecule has 0 amide bonds. The summed E-state index contributed by atoms with van der Waals surface area (Å²) < 4.78 is 24.6. The molecular formula is C8H9CuF2NO3. The molecule has 1 radical (unpaired) electrons. The molecule has 0 unspecified atom stereocenters. The van der Waals surface area contributed by atoms with Gasteiger partial charge in [-0.1, -0.05) is 0 Å². The molecule has 1 aromatic carbocycles. The van der Waals surface area contributed by atoms with Crippen LogP contribution in [0.15, 0.2) is 18.2 Å². The van der Waals surface area contributed by atoms with Crippen molar-refractivity contribution in [2.75, 3.05) is 12.4 Å². The zero-order valence-electron chi connectivity index (χ0n) is 7.63. The summed E-state index contributed by atoms with van der Waals surface area (Å²) in [5.74, 6) is -1.65. The van der Waals surface area contributed by atoms with Gasteiger partial charge in [-0.05, 0) is 18.2 Å². The maximum Gasteiger partial charge on any atom is 0.330 e. The Morgan fingerprint density at radius 2 is 1.93 bits per heavy atom. The first-order chi connectivity index (χ1) is 6.65. The van der Waals surface area contributed by atoms with Crippen LogP contribution in [-0.4, -0.2) is 18.8 Å². The molecule has 2 N–H and O–H groups in total. The van der Waals surface area contributed by atoms with Crippen molar-refractivity contribution in [2.24, 2.45) is 0 Å². The summed E-state index contributed by atoms with van der Waals surface area (Å²) in [7, 11) is 1.65. The minimum atomic E-state index is -0.827. The molecule has 1 rings (SSSR count). The average Bonchev–Trinajstić information content (AvgIpc) is 2.22. The molecule has 0 heterocycles.